The van der Waals surface area contributed by atoms with Gasteiger partial charge < -0.3 is 5.32 Å². The minimum absolute atomic E-state index is 0.140. The summed E-state index contributed by atoms with van der Waals surface area (Å²) < 4.78 is 1.63. The number of anilines is 1. The van der Waals surface area contributed by atoms with Crippen LogP contribution in [0.2, 0.25) is 0 Å². The zero-order valence-corrected chi connectivity index (χ0v) is 10.8. The molecule has 0 aliphatic rings. The fraction of sp³-hybridized carbons (Fsp3) is 0.231. The maximum atomic E-state index is 4.25. The van der Waals surface area contributed by atoms with Crippen LogP contribution in [0.25, 0.3) is 11.2 Å². The second-order valence-electron chi connectivity index (χ2n) is 4.38. The molecular formula is C13H14N6. The number of aromatic nitrogens is 5. The van der Waals surface area contributed by atoms with Crippen LogP contribution >= 0.6 is 0 Å². The number of nitrogens with zero attached hydrogens (tertiary/aromatic N) is 5. The molecule has 6 heteroatoms. The summed E-state index contributed by atoms with van der Waals surface area (Å²) in [7, 11) is 1.81. The van der Waals surface area contributed by atoms with E-state index in [-0.39, 0.29) is 6.04 Å². The third-order valence-corrected chi connectivity index (χ3v) is 3.04. The van der Waals surface area contributed by atoms with Gasteiger partial charge in [-0.3, -0.25) is 0 Å². The van der Waals surface area contributed by atoms with E-state index in [9.17, 15) is 0 Å². The first-order valence-electron chi connectivity index (χ1n) is 6.07. The SMILES string of the molecule is CC(Nc1ncnc2c1nnn2C)c1ccccc1. The molecule has 0 bridgehead atoms. The van der Waals surface area contributed by atoms with Crippen molar-refractivity contribution in [3.05, 3.63) is 42.2 Å². The van der Waals surface area contributed by atoms with Crippen LogP contribution in [0.3, 0.4) is 0 Å². The summed E-state index contributed by atoms with van der Waals surface area (Å²) in [4.78, 5) is 8.42. The number of fused-ring (bicyclic) bond motifs is 1. The molecule has 2 aromatic heterocycles. The molecule has 96 valence electrons. The Hall–Kier alpha value is -2.50. The third-order valence-electron chi connectivity index (χ3n) is 3.04. The summed E-state index contributed by atoms with van der Waals surface area (Å²) in [6.07, 6.45) is 1.52. The van der Waals surface area contributed by atoms with Crippen molar-refractivity contribution in [3.63, 3.8) is 0 Å². The molecule has 3 rings (SSSR count). The lowest BCUT2D eigenvalue weighted by molar-refractivity contribution is 0.729. The zero-order valence-electron chi connectivity index (χ0n) is 10.8. The highest BCUT2D eigenvalue weighted by atomic mass is 15.4. The molecule has 0 saturated carbocycles. The molecular weight excluding hydrogens is 240 g/mol. The average molecular weight is 254 g/mol. The van der Waals surface area contributed by atoms with Gasteiger partial charge in [-0.1, -0.05) is 35.5 Å². The van der Waals surface area contributed by atoms with E-state index in [1.165, 1.54) is 11.9 Å². The Bertz CT molecular complexity index is 691. The van der Waals surface area contributed by atoms with E-state index in [0.29, 0.717) is 11.3 Å². The highest BCUT2D eigenvalue weighted by molar-refractivity contribution is 5.81. The van der Waals surface area contributed by atoms with Crippen LogP contribution in [0.1, 0.15) is 18.5 Å². The fourth-order valence-electron chi connectivity index (χ4n) is 1.99. The van der Waals surface area contributed by atoms with Crippen molar-refractivity contribution in [3.8, 4) is 0 Å². The van der Waals surface area contributed by atoms with E-state index < -0.39 is 0 Å². The summed E-state index contributed by atoms with van der Waals surface area (Å²) in [5.41, 5.74) is 2.60. The monoisotopic (exact) mass is 254 g/mol. The van der Waals surface area contributed by atoms with Crippen molar-refractivity contribution in [2.75, 3.05) is 5.32 Å². The fourth-order valence-corrected chi connectivity index (χ4v) is 1.99. The standard InChI is InChI=1S/C13H14N6/c1-9(10-6-4-3-5-7-10)16-12-11-13(15-8-14-12)19(2)18-17-11/h3-9H,1-2H3,(H,14,15,16). The summed E-state index contributed by atoms with van der Waals surface area (Å²) >= 11 is 0. The van der Waals surface area contributed by atoms with Gasteiger partial charge in [0.15, 0.2) is 17.0 Å². The van der Waals surface area contributed by atoms with Crippen LogP contribution in [0.4, 0.5) is 5.82 Å². The van der Waals surface area contributed by atoms with Crippen LogP contribution in [0.15, 0.2) is 36.7 Å². The van der Waals surface area contributed by atoms with Gasteiger partial charge in [0.05, 0.1) is 6.04 Å². The molecule has 1 aromatic carbocycles. The number of hydrogen-bond acceptors (Lipinski definition) is 5. The predicted molar refractivity (Wildman–Crippen MR) is 72.6 cm³/mol. The van der Waals surface area contributed by atoms with E-state index in [2.05, 4.69) is 44.7 Å². The van der Waals surface area contributed by atoms with E-state index in [4.69, 9.17) is 0 Å². The lowest BCUT2D eigenvalue weighted by Gasteiger charge is -2.14. The van der Waals surface area contributed by atoms with Crippen molar-refractivity contribution in [1.82, 2.24) is 25.0 Å². The molecule has 0 spiro atoms. The van der Waals surface area contributed by atoms with Crippen LogP contribution in [-0.2, 0) is 7.05 Å². The molecule has 0 fully saturated rings. The van der Waals surface area contributed by atoms with Gasteiger partial charge in [-0.15, -0.1) is 5.10 Å². The van der Waals surface area contributed by atoms with E-state index in [1.807, 2.05) is 25.2 Å². The smallest absolute Gasteiger partial charge is 0.183 e. The van der Waals surface area contributed by atoms with Crippen LogP contribution in [0, 0.1) is 0 Å². The van der Waals surface area contributed by atoms with Crippen molar-refractivity contribution >= 4 is 17.0 Å². The maximum absolute atomic E-state index is 4.25. The molecule has 0 aliphatic heterocycles. The summed E-state index contributed by atoms with van der Waals surface area (Å²) in [5, 5.41) is 11.4. The lowest BCUT2D eigenvalue weighted by atomic mass is 10.1. The predicted octanol–water partition coefficient (Wildman–Crippen LogP) is 1.93. The zero-order chi connectivity index (χ0) is 13.2. The Morgan fingerprint density at radius 2 is 1.95 bits per heavy atom. The topological polar surface area (TPSA) is 68.5 Å². The van der Waals surface area contributed by atoms with Crippen LogP contribution in [0.5, 0.6) is 0 Å². The second-order valence-corrected chi connectivity index (χ2v) is 4.38. The molecule has 0 amide bonds. The van der Waals surface area contributed by atoms with Gasteiger partial charge in [0.25, 0.3) is 0 Å². The van der Waals surface area contributed by atoms with Crippen LogP contribution < -0.4 is 5.32 Å². The minimum Gasteiger partial charge on any atom is -0.362 e. The third kappa shape index (κ3) is 2.12. The lowest BCUT2D eigenvalue weighted by Crippen LogP contribution is -2.08. The Morgan fingerprint density at radius 1 is 1.16 bits per heavy atom. The van der Waals surface area contributed by atoms with Gasteiger partial charge >= 0.3 is 0 Å². The van der Waals surface area contributed by atoms with Gasteiger partial charge in [0, 0.05) is 7.05 Å². The normalized spacial score (nSPS) is 12.5. The number of nitrogens with one attached hydrogen (secondary N) is 1. The molecule has 0 radical (unpaired) electrons. The first-order valence-corrected chi connectivity index (χ1v) is 6.07. The molecule has 0 aliphatic carbocycles. The molecule has 6 nitrogen and oxygen atoms in total. The van der Waals surface area contributed by atoms with Crippen molar-refractivity contribution in [2.45, 2.75) is 13.0 Å². The Kier molecular flexibility index (Phi) is 2.83. The van der Waals surface area contributed by atoms with E-state index in [0.717, 1.165) is 5.65 Å². The Labute approximate surface area is 110 Å². The van der Waals surface area contributed by atoms with Gasteiger partial charge in [0.1, 0.15) is 6.33 Å². The van der Waals surface area contributed by atoms with Gasteiger partial charge in [0.2, 0.25) is 0 Å². The molecule has 2 heterocycles. The van der Waals surface area contributed by atoms with Crippen molar-refractivity contribution < 1.29 is 0 Å². The van der Waals surface area contributed by atoms with E-state index in [1.54, 1.807) is 4.68 Å². The molecule has 3 aromatic rings. The maximum Gasteiger partial charge on any atom is 0.183 e. The molecule has 0 saturated heterocycles. The van der Waals surface area contributed by atoms with Gasteiger partial charge in [-0.2, -0.15) is 0 Å². The summed E-state index contributed by atoms with van der Waals surface area (Å²) in [5.74, 6) is 0.703. The Morgan fingerprint density at radius 3 is 2.74 bits per heavy atom. The second kappa shape index (κ2) is 4.64. The van der Waals surface area contributed by atoms with Crippen molar-refractivity contribution in [1.29, 1.82) is 0 Å². The molecule has 1 N–H and O–H groups in total. The van der Waals surface area contributed by atoms with Crippen LogP contribution in [-0.4, -0.2) is 25.0 Å². The largest absolute Gasteiger partial charge is 0.362 e. The van der Waals surface area contributed by atoms with Crippen molar-refractivity contribution in [2.24, 2.45) is 7.05 Å². The van der Waals surface area contributed by atoms with Gasteiger partial charge in [-0.05, 0) is 12.5 Å². The number of benzene rings is 1. The van der Waals surface area contributed by atoms with Gasteiger partial charge in [-0.25, -0.2) is 14.6 Å². The average Bonchev–Trinajstić information content (AvgIpc) is 2.83. The Balaban J connectivity index is 1.93. The number of hydrogen-bond donors (Lipinski definition) is 1. The summed E-state index contributed by atoms with van der Waals surface area (Å²) in [6, 6.07) is 10.3. The first-order chi connectivity index (χ1) is 9.25. The molecule has 1 unspecified atom stereocenters. The summed E-state index contributed by atoms with van der Waals surface area (Å²) in [6.45, 7) is 2.08. The highest BCUT2D eigenvalue weighted by Gasteiger charge is 2.12. The van der Waals surface area contributed by atoms with E-state index >= 15 is 0 Å². The minimum atomic E-state index is 0.140. The first kappa shape index (κ1) is 11.6. The number of aryl methyl sites for hydroxylation is 1. The molecule has 19 heavy (non-hydrogen) atoms. The number of rotatable bonds is 3. The molecule has 1 atom stereocenters. The highest BCUT2D eigenvalue weighted by Crippen LogP contribution is 2.21. The quantitative estimate of drug-likeness (QED) is 0.773.